The van der Waals surface area contributed by atoms with Crippen LogP contribution in [-0.2, 0) is 10.2 Å². The summed E-state index contributed by atoms with van der Waals surface area (Å²) in [5.41, 5.74) is 5.26. The fourth-order valence-electron chi connectivity index (χ4n) is 1.93. The second-order valence-corrected chi connectivity index (χ2v) is 7.41. The highest BCUT2D eigenvalue weighted by Gasteiger charge is 2.45. The van der Waals surface area contributed by atoms with Gasteiger partial charge in [-0.25, -0.2) is 0 Å². The van der Waals surface area contributed by atoms with E-state index >= 15 is 0 Å². The van der Waals surface area contributed by atoms with Crippen molar-refractivity contribution in [2.75, 3.05) is 13.1 Å². The van der Waals surface area contributed by atoms with Gasteiger partial charge in [0, 0.05) is 24.2 Å². The molecule has 6 heteroatoms. The molecule has 96 valence electrons. The molecule has 0 amide bonds. The molecule has 0 aromatic heterocycles. The average molecular weight is 249 g/mol. The number of rotatable bonds is 4. The summed E-state index contributed by atoms with van der Waals surface area (Å²) in [4.78, 5) is 0. The Kier molecular flexibility index (Phi) is 3.69. The molecular formula is C10H23N3O2S. The highest BCUT2D eigenvalue weighted by Crippen LogP contribution is 2.25. The lowest BCUT2D eigenvalue weighted by atomic mass is 9.89. The van der Waals surface area contributed by atoms with Crippen molar-refractivity contribution in [2.45, 2.75) is 51.6 Å². The van der Waals surface area contributed by atoms with E-state index in [1.807, 2.05) is 20.8 Å². The maximum atomic E-state index is 11.9. The van der Waals surface area contributed by atoms with Crippen molar-refractivity contribution >= 4 is 10.2 Å². The van der Waals surface area contributed by atoms with Gasteiger partial charge in [0.1, 0.15) is 0 Å². The molecule has 1 rings (SSSR count). The van der Waals surface area contributed by atoms with Crippen LogP contribution in [0.15, 0.2) is 0 Å². The van der Waals surface area contributed by atoms with E-state index in [9.17, 15) is 8.42 Å². The number of nitrogens with one attached hydrogen (secondary N) is 1. The highest BCUT2D eigenvalue weighted by atomic mass is 32.2. The van der Waals surface area contributed by atoms with Gasteiger partial charge in [0.25, 0.3) is 10.2 Å². The molecule has 1 heterocycles. The first-order valence-corrected chi connectivity index (χ1v) is 7.10. The zero-order valence-electron chi connectivity index (χ0n) is 10.6. The zero-order valence-corrected chi connectivity index (χ0v) is 11.4. The third kappa shape index (κ3) is 3.41. The van der Waals surface area contributed by atoms with Crippen molar-refractivity contribution in [1.29, 1.82) is 0 Å². The van der Waals surface area contributed by atoms with Gasteiger partial charge < -0.3 is 5.73 Å². The molecule has 0 atom stereocenters. The van der Waals surface area contributed by atoms with Crippen LogP contribution in [-0.4, -0.2) is 36.9 Å². The van der Waals surface area contributed by atoms with E-state index in [0.717, 1.165) is 12.8 Å². The quantitative estimate of drug-likeness (QED) is 0.759. The van der Waals surface area contributed by atoms with Crippen molar-refractivity contribution in [3.63, 3.8) is 0 Å². The van der Waals surface area contributed by atoms with Gasteiger partial charge in [-0.15, -0.1) is 0 Å². The molecule has 1 aliphatic heterocycles. The van der Waals surface area contributed by atoms with Crippen LogP contribution >= 0.6 is 0 Å². The van der Waals surface area contributed by atoms with E-state index in [2.05, 4.69) is 11.6 Å². The molecule has 0 radical (unpaired) electrons. The maximum Gasteiger partial charge on any atom is 0.280 e. The van der Waals surface area contributed by atoms with Crippen molar-refractivity contribution < 1.29 is 8.42 Å². The summed E-state index contributed by atoms with van der Waals surface area (Å²) in [6.45, 7) is 8.38. The highest BCUT2D eigenvalue weighted by molar-refractivity contribution is 7.87. The van der Waals surface area contributed by atoms with Crippen molar-refractivity contribution in [1.82, 2.24) is 9.03 Å². The standard InChI is InChI=1S/C10H23N3O2S/c1-5-6-10(11)7-13(8-10)16(14,15)12-9(2,3)4/h12H,5-8,11H2,1-4H3. The number of nitrogens with zero attached hydrogens (tertiary/aromatic N) is 1. The Labute approximate surface area is 98.6 Å². The van der Waals surface area contributed by atoms with Crippen molar-refractivity contribution in [3.05, 3.63) is 0 Å². The lowest BCUT2D eigenvalue weighted by Gasteiger charge is -2.47. The maximum absolute atomic E-state index is 11.9. The van der Waals surface area contributed by atoms with Crippen molar-refractivity contribution in [3.8, 4) is 0 Å². The van der Waals surface area contributed by atoms with Crippen molar-refractivity contribution in [2.24, 2.45) is 5.73 Å². The Morgan fingerprint density at radius 3 is 2.25 bits per heavy atom. The second kappa shape index (κ2) is 4.25. The minimum absolute atomic E-state index is 0.318. The van der Waals surface area contributed by atoms with Crippen LogP contribution in [0.1, 0.15) is 40.5 Å². The smallest absolute Gasteiger partial charge is 0.280 e. The minimum Gasteiger partial charge on any atom is -0.323 e. The molecule has 0 aliphatic carbocycles. The Hall–Kier alpha value is -0.170. The molecule has 1 aliphatic rings. The molecule has 0 aromatic carbocycles. The first-order valence-electron chi connectivity index (χ1n) is 5.66. The van der Waals surface area contributed by atoms with Gasteiger partial charge in [0.2, 0.25) is 0 Å². The van der Waals surface area contributed by atoms with Crippen LogP contribution in [0, 0.1) is 0 Å². The summed E-state index contributed by atoms with van der Waals surface area (Å²) >= 11 is 0. The Morgan fingerprint density at radius 1 is 1.38 bits per heavy atom. The average Bonchev–Trinajstić information content (AvgIpc) is 1.95. The van der Waals surface area contributed by atoms with E-state index in [-0.39, 0.29) is 5.54 Å². The van der Waals surface area contributed by atoms with E-state index in [0.29, 0.717) is 13.1 Å². The normalized spacial score (nSPS) is 21.8. The van der Waals surface area contributed by atoms with E-state index in [1.165, 1.54) is 4.31 Å². The zero-order chi connectivity index (χ0) is 12.6. The third-order valence-electron chi connectivity index (χ3n) is 2.51. The molecule has 1 saturated heterocycles. The van der Waals surface area contributed by atoms with Gasteiger partial charge in [-0.3, -0.25) is 0 Å². The first-order chi connectivity index (χ1) is 7.08. The monoisotopic (exact) mass is 249 g/mol. The molecule has 0 unspecified atom stereocenters. The predicted octanol–water partition coefficient (Wildman–Crippen LogP) is 0.433. The Balaban J connectivity index is 2.57. The van der Waals surface area contributed by atoms with E-state index in [1.54, 1.807) is 0 Å². The molecule has 0 spiro atoms. The lowest BCUT2D eigenvalue weighted by molar-refractivity contribution is 0.143. The van der Waals surface area contributed by atoms with Gasteiger partial charge in [-0.2, -0.15) is 17.4 Å². The Bertz CT molecular complexity index is 340. The van der Waals surface area contributed by atoms with E-state index in [4.69, 9.17) is 5.73 Å². The fourth-order valence-corrected chi connectivity index (χ4v) is 3.69. The molecule has 5 nitrogen and oxygen atoms in total. The molecule has 16 heavy (non-hydrogen) atoms. The number of nitrogens with two attached hydrogens (primary N) is 1. The molecular weight excluding hydrogens is 226 g/mol. The topological polar surface area (TPSA) is 75.4 Å². The molecule has 1 fully saturated rings. The third-order valence-corrected chi connectivity index (χ3v) is 4.31. The number of hydrogen-bond acceptors (Lipinski definition) is 3. The summed E-state index contributed by atoms with van der Waals surface area (Å²) in [5, 5.41) is 0. The fraction of sp³-hybridized carbons (Fsp3) is 1.00. The largest absolute Gasteiger partial charge is 0.323 e. The molecule has 3 N–H and O–H groups in total. The second-order valence-electron chi connectivity index (χ2n) is 5.74. The van der Waals surface area contributed by atoms with Gasteiger partial charge in [-0.1, -0.05) is 13.3 Å². The van der Waals surface area contributed by atoms with Gasteiger partial charge in [0.05, 0.1) is 0 Å². The summed E-state index contributed by atoms with van der Waals surface area (Å²) in [6.07, 6.45) is 1.85. The summed E-state index contributed by atoms with van der Waals surface area (Å²) in [5.74, 6) is 0. The predicted molar refractivity (Wildman–Crippen MR) is 65.2 cm³/mol. The lowest BCUT2D eigenvalue weighted by Crippen LogP contribution is -2.70. The summed E-state index contributed by atoms with van der Waals surface area (Å²) < 4.78 is 27.8. The van der Waals surface area contributed by atoms with Crippen LogP contribution in [0.25, 0.3) is 0 Å². The van der Waals surface area contributed by atoms with Crippen LogP contribution in [0.5, 0.6) is 0 Å². The molecule has 0 saturated carbocycles. The van der Waals surface area contributed by atoms with Crippen LogP contribution in [0.3, 0.4) is 0 Å². The Morgan fingerprint density at radius 2 is 1.88 bits per heavy atom. The van der Waals surface area contributed by atoms with Crippen LogP contribution in [0.4, 0.5) is 0 Å². The van der Waals surface area contributed by atoms with Crippen LogP contribution in [0.2, 0.25) is 0 Å². The SMILES string of the molecule is CCCC1(N)CN(S(=O)(=O)NC(C)(C)C)C1. The van der Waals surface area contributed by atoms with Gasteiger partial charge in [-0.05, 0) is 27.2 Å². The minimum atomic E-state index is -3.37. The number of hydrogen-bond donors (Lipinski definition) is 2. The molecule has 0 aromatic rings. The summed E-state index contributed by atoms with van der Waals surface area (Å²) in [7, 11) is -3.37. The van der Waals surface area contributed by atoms with Gasteiger partial charge >= 0.3 is 0 Å². The molecule has 0 bridgehead atoms. The summed E-state index contributed by atoms with van der Waals surface area (Å²) in [6, 6.07) is 0. The van der Waals surface area contributed by atoms with E-state index < -0.39 is 15.7 Å². The first kappa shape index (κ1) is 13.9. The van der Waals surface area contributed by atoms with Gasteiger partial charge in [0.15, 0.2) is 0 Å². The van der Waals surface area contributed by atoms with Crippen LogP contribution < -0.4 is 10.5 Å².